The summed E-state index contributed by atoms with van der Waals surface area (Å²) in [5.74, 6) is -1.29. The van der Waals surface area contributed by atoms with Crippen LogP contribution in [-0.2, 0) is 4.79 Å². The summed E-state index contributed by atoms with van der Waals surface area (Å²) in [5.41, 5.74) is 1.38. The maximum Gasteiger partial charge on any atom is 0.312 e. The van der Waals surface area contributed by atoms with Gasteiger partial charge in [-0.05, 0) is 25.5 Å². The molecule has 2 aromatic rings. The number of carboxylic acids is 1. The van der Waals surface area contributed by atoms with Gasteiger partial charge < -0.3 is 14.8 Å². The molecule has 1 aromatic heterocycles. The van der Waals surface area contributed by atoms with Crippen LogP contribution >= 0.6 is 0 Å². The molecule has 21 heavy (non-hydrogen) atoms. The van der Waals surface area contributed by atoms with Crippen molar-refractivity contribution >= 4 is 11.9 Å². The molecule has 0 saturated carbocycles. The molecule has 5 nitrogen and oxygen atoms in total. The van der Waals surface area contributed by atoms with Crippen molar-refractivity contribution in [1.82, 2.24) is 5.32 Å². The van der Waals surface area contributed by atoms with Crippen LogP contribution in [-0.4, -0.2) is 23.5 Å². The van der Waals surface area contributed by atoms with Gasteiger partial charge >= 0.3 is 5.97 Å². The predicted molar refractivity (Wildman–Crippen MR) is 77.3 cm³/mol. The van der Waals surface area contributed by atoms with Gasteiger partial charge in [-0.2, -0.15) is 0 Å². The van der Waals surface area contributed by atoms with Crippen LogP contribution in [0.5, 0.6) is 0 Å². The Bertz CT molecular complexity index is 646. The monoisotopic (exact) mass is 287 g/mol. The van der Waals surface area contributed by atoms with E-state index in [-0.39, 0.29) is 12.3 Å². The number of aryl methyl sites for hydroxylation is 2. The number of carbonyl (C=O) groups is 2. The van der Waals surface area contributed by atoms with E-state index in [1.165, 1.54) is 0 Å². The summed E-state index contributed by atoms with van der Waals surface area (Å²) in [6.07, 6.45) is 0. The summed E-state index contributed by atoms with van der Waals surface area (Å²) in [6.45, 7) is 3.54. The van der Waals surface area contributed by atoms with Crippen LogP contribution in [0, 0.1) is 13.8 Å². The van der Waals surface area contributed by atoms with E-state index in [2.05, 4.69) is 5.32 Å². The van der Waals surface area contributed by atoms with Crippen LogP contribution in [0.4, 0.5) is 0 Å². The second kappa shape index (κ2) is 6.26. The van der Waals surface area contributed by atoms with E-state index >= 15 is 0 Å². The molecule has 1 aromatic carbocycles. The van der Waals surface area contributed by atoms with Crippen molar-refractivity contribution in [3.63, 3.8) is 0 Å². The number of amides is 1. The number of furan rings is 1. The number of aliphatic carboxylic acids is 1. The van der Waals surface area contributed by atoms with E-state index in [1.807, 2.05) is 6.07 Å². The van der Waals surface area contributed by atoms with E-state index in [4.69, 9.17) is 4.42 Å². The molecule has 1 atom stereocenters. The third-order valence-electron chi connectivity index (χ3n) is 3.21. The first-order valence-electron chi connectivity index (χ1n) is 6.62. The highest BCUT2D eigenvalue weighted by molar-refractivity contribution is 5.93. The summed E-state index contributed by atoms with van der Waals surface area (Å²) in [5, 5.41) is 11.9. The molecule has 1 heterocycles. The molecule has 1 unspecified atom stereocenters. The first kappa shape index (κ1) is 14.8. The highest BCUT2D eigenvalue weighted by Gasteiger charge is 2.22. The van der Waals surface area contributed by atoms with Crippen LogP contribution in [0.3, 0.4) is 0 Å². The summed E-state index contributed by atoms with van der Waals surface area (Å²) < 4.78 is 5.32. The zero-order chi connectivity index (χ0) is 15.4. The van der Waals surface area contributed by atoms with E-state index in [0.29, 0.717) is 11.3 Å². The quantitative estimate of drug-likeness (QED) is 0.885. The molecule has 0 aliphatic heterocycles. The van der Waals surface area contributed by atoms with Crippen molar-refractivity contribution in [2.45, 2.75) is 19.8 Å². The molecule has 0 aliphatic carbocycles. The topological polar surface area (TPSA) is 79.5 Å². The van der Waals surface area contributed by atoms with Crippen LogP contribution < -0.4 is 5.32 Å². The predicted octanol–water partition coefficient (Wildman–Crippen LogP) is 2.49. The van der Waals surface area contributed by atoms with Gasteiger partial charge in [0.1, 0.15) is 5.76 Å². The summed E-state index contributed by atoms with van der Waals surface area (Å²) >= 11 is 0. The lowest BCUT2D eigenvalue weighted by Gasteiger charge is -2.13. The summed E-state index contributed by atoms with van der Waals surface area (Å²) in [4.78, 5) is 23.4. The minimum absolute atomic E-state index is 0.0113. The SMILES string of the molecule is Cc1cc(C)c(C(=O)NCC(C(=O)O)c2ccccc2)o1. The van der Waals surface area contributed by atoms with Crippen molar-refractivity contribution in [3.8, 4) is 0 Å². The van der Waals surface area contributed by atoms with Gasteiger partial charge in [-0.3, -0.25) is 9.59 Å². The second-order valence-electron chi connectivity index (χ2n) is 4.88. The number of hydrogen-bond donors (Lipinski definition) is 2. The highest BCUT2D eigenvalue weighted by Crippen LogP contribution is 2.16. The van der Waals surface area contributed by atoms with E-state index in [0.717, 1.165) is 5.56 Å². The van der Waals surface area contributed by atoms with E-state index in [9.17, 15) is 14.7 Å². The zero-order valence-electron chi connectivity index (χ0n) is 11.9. The maximum absolute atomic E-state index is 12.0. The number of carbonyl (C=O) groups excluding carboxylic acids is 1. The van der Waals surface area contributed by atoms with Crippen molar-refractivity contribution in [1.29, 1.82) is 0 Å². The molecule has 5 heteroatoms. The fraction of sp³-hybridized carbons (Fsp3) is 0.250. The number of rotatable bonds is 5. The fourth-order valence-corrected chi connectivity index (χ4v) is 2.17. The Balaban J connectivity index is 2.08. The van der Waals surface area contributed by atoms with Crippen LogP contribution in [0.1, 0.15) is 33.4 Å². The molecular weight excluding hydrogens is 270 g/mol. The zero-order valence-corrected chi connectivity index (χ0v) is 11.9. The summed E-state index contributed by atoms with van der Waals surface area (Å²) in [6, 6.07) is 10.6. The average Bonchev–Trinajstić information content (AvgIpc) is 2.78. The number of benzene rings is 1. The lowest BCUT2D eigenvalue weighted by Crippen LogP contribution is -2.31. The molecule has 2 N–H and O–H groups in total. The average molecular weight is 287 g/mol. The molecule has 0 spiro atoms. The minimum atomic E-state index is -0.978. The van der Waals surface area contributed by atoms with Gasteiger partial charge in [0.25, 0.3) is 5.91 Å². The molecule has 110 valence electrons. The molecule has 0 bridgehead atoms. The first-order valence-corrected chi connectivity index (χ1v) is 6.62. The second-order valence-corrected chi connectivity index (χ2v) is 4.88. The highest BCUT2D eigenvalue weighted by atomic mass is 16.4. The van der Waals surface area contributed by atoms with Gasteiger partial charge in [-0.1, -0.05) is 30.3 Å². The molecule has 0 fully saturated rings. The molecular formula is C16H17NO4. The third-order valence-corrected chi connectivity index (χ3v) is 3.21. The Morgan fingerprint density at radius 2 is 1.90 bits per heavy atom. The lowest BCUT2D eigenvalue weighted by molar-refractivity contribution is -0.138. The lowest BCUT2D eigenvalue weighted by atomic mass is 9.99. The van der Waals surface area contributed by atoms with Crippen molar-refractivity contribution in [3.05, 3.63) is 59.0 Å². The van der Waals surface area contributed by atoms with Crippen molar-refractivity contribution in [2.75, 3.05) is 6.54 Å². The van der Waals surface area contributed by atoms with E-state index in [1.54, 1.807) is 44.2 Å². The van der Waals surface area contributed by atoms with Crippen LogP contribution in [0.15, 0.2) is 40.8 Å². The maximum atomic E-state index is 12.0. The van der Waals surface area contributed by atoms with Gasteiger partial charge in [0.2, 0.25) is 0 Å². The number of carboxylic acid groups (broad SMARTS) is 1. The minimum Gasteiger partial charge on any atom is -0.481 e. The Hall–Kier alpha value is -2.56. The van der Waals surface area contributed by atoms with Crippen molar-refractivity contribution in [2.24, 2.45) is 0 Å². The fourth-order valence-electron chi connectivity index (χ4n) is 2.17. The van der Waals surface area contributed by atoms with Gasteiger partial charge in [0.15, 0.2) is 5.76 Å². The molecule has 1 amide bonds. The standard InChI is InChI=1S/C16H17NO4/c1-10-8-11(2)21-14(10)15(18)17-9-13(16(19)20)12-6-4-3-5-7-12/h3-8,13H,9H2,1-2H3,(H,17,18)(H,19,20). The van der Waals surface area contributed by atoms with Crippen molar-refractivity contribution < 1.29 is 19.1 Å². The molecule has 2 rings (SSSR count). The van der Waals surface area contributed by atoms with Crippen LogP contribution in [0.2, 0.25) is 0 Å². The van der Waals surface area contributed by atoms with Gasteiger partial charge in [-0.25, -0.2) is 0 Å². The molecule has 0 saturated heterocycles. The van der Waals surface area contributed by atoms with Gasteiger partial charge in [-0.15, -0.1) is 0 Å². The van der Waals surface area contributed by atoms with Crippen LogP contribution in [0.25, 0.3) is 0 Å². The number of hydrogen-bond acceptors (Lipinski definition) is 3. The normalized spacial score (nSPS) is 11.9. The van der Waals surface area contributed by atoms with Gasteiger partial charge in [0.05, 0.1) is 5.92 Å². The Morgan fingerprint density at radius 3 is 2.43 bits per heavy atom. The Labute approximate surface area is 122 Å². The van der Waals surface area contributed by atoms with Gasteiger partial charge in [0, 0.05) is 12.1 Å². The van der Waals surface area contributed by atoms with E-state index < -0.39 is 17.8 Å². The largest absolute Gasteiger partial charge is 0.481 e. The Kier molecular flexibility index (Phi) is 4.42. The summed E-state index contributed by atoms with van der Waals surface area (Å²) in [7, 11) is 0. The Morgan fingerprint density at radius 1 is 1.24 bits per heavy atom. The third kappa shape index (κ3) is 3.51. The molecule has 0 radical (unpaired) electrons. The number of nitrogens with one attached hydrogen (secondary N) is 1. The smallest absolute Gasteiger partial charge is 0.312 e. The molecule has 0 aliphatic rings. The first-order chi connectivity index (χ1) is 9.99.